The van der Waals surface area contributed by atoms with Gasteiger partial charge in [0.2, 0.25) is 5.91 Å². The van der Waals surface area contributed by atoms with E-state index in [9.17, 15) is 4.79 Å². The summed E-state index contributed by atoms with van der Waals surface area (Å²) in [6, 6.07) is 1.67. The summed E-state index contributed by atoms with van der Waals surface area (Å²) < 4.78 is 5.26. The number of nitrogens with one attached hydrogen (secondary N) is 1. The van der Waals surface area contributed by atoms with Crippen molar-refractivity contribution in [3.63, 3.8) is 0 Å². The molecule has 1 rings (SSSR count). The minimum absolute atomic E-state index is 0.0125. The van der Waals surface area contributed by atoms with Gasteiger partial charge in [-0.2, -0.15) is 0 Å². The third kappa shape index (κ3) is 5.40. The Morgan fingerprint density at radius 1 is 1.53 bits per heavy atom. The maximum absolute atomic E-state index is 11.2. The number of nitrogens with zero attached hydrogens (tertiary/aromatic N) is 3. The van der Waals surface area contributed by atoms with Crippen LogP contribution in [0.2, 0.25) is 5.15 Å². The number of halogens is 1. The smallest absolute Gasteiger partial charge is 0.221 e. The number of anilines is 1. The van der Waals surface area contributed by atoms with Crippen molar-refractivity contribution >= 4 is 23.3 Å². The largest absolute Gasteiger partial charge is 0.374 e. The fourth-order valence-corrected chi connectivity index (χ4v) is 1.61. The quantitative estimate of drug-likeness (QED) is 0.764. The molecule has 19 heavy (non-hydrogen) atoms. The van der Waals surface area contributed by atoms with Gasteiger partial charge in [-0.3, -0.25) is 4.79 Å². The van der Waals surface area contributed by atoms with Gasteiger partial charge in [0, 0.05) is 39.7 Å². The molecule has 0 aliphatic carbocycles. The topological polar surface area (TPSA) is 67.3 Å². The molecule has 0 saturated heterocycles. The van der Waals surface area contributed by atoms with Crippen LogP contribution in [0.25, 0.3) is 0 Å². The van der Waals surface area contributed by atoms with Crippen LogP contribution >= 0.6 is 11.6 Å². The number of carbonyl (C=O) groups excluding carboxylic acids is 1. The van der Waals surface area contributed by atoms with E-state index in [2.05, 4.69) is 15.3 Å². The minimum atomic E-state index is -0.0125. The highest BCUT2D eigenvalue weighted by Crippen LogP contribution is 2.15. The van der Waals surface area contributed by atoms with Crippen LogP contribution in [-0.4, -0.2) is 43.1 Å². The third-order valence-corrected chi connectivity index (χ3v) is 2.70. The Morgan fingerprint density at radius 2 is 2.26 bits per heavy atom. The van der Waals surface area contributed by atoms with Gasteiger partial charge in [-0.05, 0) is 6.92 Å². The SMILES string of the molecule is CCOCc1nc(Cl)cc(N(C)CCC(=O)NC)n1. The zero-order valence-corrected chi connectivity index (χ0v) is 12.2. The van der Waals surface area contributed by atoms with Crippen molar-refractivity contribution in [3.05, 3.63) is 17.0 Å². The van der Waals surface area contributed by atoms with Gasteiger partial charge in [-0.15, -0.1) is 0 Å². The second kappa shape index (κ2) is 7.91. The van der Waals surface area contributed by atoms with Crippen molar-refractivity contribution in [2.45, 2.75) is 20.0 Å². The van der Waals surface area contributed by atoms with E-state index in [1.165, 1.54) is 0 Å². The number of carbonyl (C=O) groups is 1. The molecule has 0 atom stereocenters. The van der Waals surface area contributed by atoms with Gasteiger partial charge in [0.1, 0.15) is 17.6 Å². The van der Waals surface area contributed by atoms with E-state index in [1.54, 1.807) is 13.1 Å². The van der Waals surface area contributed by atoms with Crippen LogP contribution in [0.4, 0.5) is 5.82 Å². The first-order valence-electron chi connectivity index (χ1n) is 6.09. The van der Waals surface area contributed by atoms with E-state index in [0.717, 1.165) is 0 Å². The Morgan fingerprint density at radius 3 is 2.89 bits per heavy atom. The molecule has 0 saturated carbocycles. The fourth-order valence-electron chi connectivity index (χ4n) is 1.41. The van der Waals surface area contributed by atoms with Gasteiger partial charge in [0.15, 0.2) is 5.82 Å². The molecule has 0 aliphatic rings. The zero-order valence-electron chi connectivity index (χ0n) is 11.4. The summed E-state index contributed by atoms with van der Waals surface area (Å²) in [4.78, 5) is 21.5. The molecule has 0 aromatic carbocycles. The lowest BCUT2D eigenvalue weighted by molar-refractivity contribution is -0.120. The number of rotatable bonds is 7. The van der Waals surface area contributed by atoms with Gasteiger partial charge < -0.3 is 15.0 Å². The maximum atomic E-state index is 11.2. The van der Waals surface area contributed by atoms with Crippen LogP contribution in [0.3, 0.4) is 0 Å². The molecule has 6 nitrogen and oxygen atoms in total. The summed E-state index contributed by atoms with van der Waals surface area (Å²) in [6.07, 6.45) is 0.398. The Balaban J connectivity index is 2.70. The monoisotopic (exact) mass is 286 g/mol. The van der Waals surface area contributed by atoms with Gasteiger partial charge in [0.05, 0.1) is 0 Å². The summed E-state index contributed by atoms with van der Waals surface area (Å²) >= 11 is 5.95. The van der Waals surface area contributed by atoms with Gasteiger partial charge in [-0.1, -0.05) is 11.6 Å². The highest BCUT2D eigenvalue weighted by atomic mass is 35.5. The van der Waals surface area contributed by atoms with Crippen molar-refractivity contribution < 1.29 is 9.53 Å². The van der Waals surface area contributed by atoms with E-state index in [1.807, 2.05) is 18.9 Å². The van der Waals surface area contributed by atoms with E-state index in [-0.39, 0.29) is 5.91 Å². The lowest BCUT2D eigenvalue weighted by Crippen LogP contribution is -2.27. The predicted molar refractivity (Wildman–Crippen MR) is 74.3 cm³/mol. The number of amides is 1. The van der Waals surface area contributed by atoms with Crippen LogP contribution in [0.1, 0.15) is 19.2 Å². The van der Waals surface area contributed by atoms with Crippen LogP contribution in [-0.2, 0) is 16.1 Å². The summed E-state index contributed by atoms with van der Waals surface area (Å²) in [5.74, 6) is 1.20. The van der Waals surface area contributed by atoms with E-state index < -0.39 is 0 Å². The molecular formula is C12H19ClN4O2. The normalized spacial score (nSPS) is 10.3. The summed E-state index contributed by atoms with van der Waals surface area (Å²) in [6.45, 7) is 3.38. The van der Waals surface area contributed by atoms with Crippen LogP contribution in [0.15, 0.2) is 6.07 Å². The predicted octanol–water partition coefficient (Wildman–Crippen LogP) is 1.24. The highest BCUT2D eigenvalue weighted by Gasteiger charge is 2.09. The molecule has 106 valence electrons. The number of hydrogen-bond donors (Lipinski definition) is 1. The molecule has 1 aromatic rings. The Labute approximate surface area is 118 Å². The van der Waals surface area contributed by atoms with Crippen molar-refractivity contribution in [1.82, 2.24) is 15.3 Å². The van der Waals surface area contributed by atoms with Crippen molar-refractivity contribution in [2.75, 3.05) is 32.1 Å². The first-order chi connectivity index (χ1) is 9.06. The molecule has 0 unspecified atom stereocenters. The van der Waals surface area contributed by atoms with Crippen molar-refractivity contribution in [2.24, 2.45) is 0 Å². The zero-order chi connectivity index (χ0) is 14.3. The van der Waals surface area contributed by atoms with Gasteiger partial charge in [0.25, 0.3) is 0 Å². The average molecular weight is 287 g/mol. The van der Waals surface area contributed by atoms with Crippen LogP contribution in [0.5, 0.6) is 0 Å². The fraction of sp³-hybridized carbons (Fsp3) is 0.583. The van der Waals surface area contributed by atoms with Crippen LogP contribution < -0.4 is 10.2 Å². The molecule has 0 spiro atoms. The summed E-state index contributed by atoms with van der Waals surface area (Å²) in [7, 11) is 3.47. The molecular weight excluding hydrogens is 268 g/mol. The maximum Gasteiger partial charge on any atom is 0.221 e. The minimum Gasteiger partial charge on any atom is -0.374 e. The lowest BCUT2D eigenvalue weighted by atomic mass is 10.3. The average Bonchev–Trinajstić information content (AvgIpc) is 2.41. The van der Waals surface area contributed by atoms with E-state index in [4.69, 9.17) is 16.3 Å². The molecule has 1 heterocycles. The molecule has 1 amide bonds. The van der Waals surface area contributed by atoms with Gasteiger partial charge >= 0.3 is 0 Å². The van der Waals surface area contributed by atoms with Crippen molar-refractivity contribution in [3.8, 4) is 0 Å². The number of hydrogen-bond acceptors (Lipinski definition) is 5. The Bertz CT molecular complexity index is 428. The Hall–Kier alpha value is -1.40. The Kier molecular flexibility index (Phi) is 6.52. The number of ether oxygens (including phenoxy) is 1. The second-order valence-electron chi connectivity index (χ2n) is 3.95. The molecule has 7 heteroatoms. The molecule has 0 radical (unpaired) electrons. The van der Waals surface area contributed by atoms with Crippen molar-refractivity contribution in [1.29, 1.82) is 0 Å². The van der Waals surface area contributed by atoms with E-state index >= 15 is 0 Å². The highest BCUT2D eigenvalue weighted by molar-refractivity contribution is 6.29. The molecule has 0 aliphatic heterocycles. The second-order valence-corrected chi connectivity index (χ2v) is 4.33. The first kappa shape index (κ1) is 15.7. The summed E-state index contributed by atoms with van der Waals surface area (Å²) in [5.41, 5.74) is 0. The first-order valence-corrected chi connectivity index (χ1v) is 6.47. The number of aromatic nitrogens is 2. The molecule has 0 fully saturated rings. The molecule has 1 aromatic heterocycles. The third-order valence-electron chi connectivity index (χ3n) is 2.51. The van der Waals surface area contributed by atoms with E-state index in [0.29, 0.717) is 43.0 Å². The summed E-state index contributed by atoms with van der Waals surface area (Å²) in [5, 5.41) is 2.95. The van der Waals surface area contributed by atoms with Crippen LogP contribution in [0, 0.1) is 0 Å². The molecule has 0 bridgehead atoms. The van der Waals surface area contributed by atoms with Gasteiger partial charge in [-0.25, -0.2) is 9.97 Å². The molecule has 1 N–H and O–H groups in total. The lowest BCUT2D eigenvalue weighted by Gasteiger charge is -2.18. The standard InChI is InChI=1S/C12H19ClN4O2/c1-4-19-8-10-15-9(13)7-11(16-10)17(3)6-5-12(18)14-2/h7H,4-6,8H2,1-3H3,(H,14,18).